The highest BCUT2D eigenvalue weighted by atomic mass is 32.2. The third kappa shape index (κ3) is 2.84. The molecule has 1 fully saturated rings. The molecule has 5 heteroatoms. The summed E-state index contributed by atoms with van der Waals surface area (Å²) in [6.07, 6.45) is 0.960. The average Bonchev–Trinajstić information content (AvgIpc) is 2.76. The van der Waals surface area contributed by atoms with Crippen LogP contribution in [0, 0.1) is 0 Å². The predicted molar refractivity (Wildman–Crippen MR) is 71.6 cm³/mol. The molecule has 0 radical (unpaired) electrons. The minimum absolute atomic E-state index is 0.0504. The average molecular weight is 269 g/mol. The van der Waals surface area contributed by atoms with Crippen LogP contribution in [0.1, 0.15) is 20.3 Å². The van der Waals surface area contributed by atoms with Crippen LogP contribution in [0.3, 0.4) is 0 Å². The van der Waals surface area contributed by atoms with Gasteiger partial charge in [0.2, 0.25) is 0 Å². The molecule has 1 aliphatic rings. The Morgan fingerprint density at radius 3 is 2.50 bits per heavy atom. The van der Waals surface area contributed by atoms with Gasteiger partial charge in [-0.3, -0.25) is 0 Å². The zero-order chi connectivity index (χ0) is 13.2. The minimum atomic E-state index is -3.11. The van der Waals surface area contributed by atoms with E-state index in [1.54, 1.807) is 19.1 Å². The van der Waals surface area contributed by atoms with E-state index in [1.165, 1.54) is 0 Å². The zero-order valence-electron chi connectivity index (χ0n) is 10.8. The molecule has 1 aliphatic heterocycles. The van der Waals surface area contributed by atoms with Gasteiger partial charge in [-0.25, -0.2) is 8.42 Å². The molecule has 1 unspecified atom stereocenters. The Morgan fingerprint density at radius 2 is 2.00 bits per heavy atom. The van der Waals surface area contributed by atoms with Crippen molar-refractivity contribution in [2.45, 2.75) is 30.7 Å². The van der Waals surface area contributed by atoms with Gasteiger partial charge in [0.15, 0.2) is 9.84 Å². The van der Waals surface area contributed by atoms with Crippen LogP contribution in [0.5, 0.6) is 0 Å². The molecule has 1 saturated heterocycles. The van der Waals surface area contributed by atoms with E-state index in [-0.39, 0.29) is 11.3 Å². The Hall–Kier alpha value is -1.07. The highest BCUT2D eigenvalue weighted by Gasteiger charge is 2.29. The highest BCUT2D eigenvalue weighted by Crippen LogP contribution is 2.24. The fraction of sp³-hybridized carbons (Fsp3) is 0.538. The Bertz CT molecular complexity index is 502. The van der Waals surface area contributed by atoms with E-state index in [1.807, 2.05) is 12.1 Å². The second kappa shape index (κ2) is 4.90. The molecule has 1 atom stereocenters. The van der Waals surface area contributed by atoms with Gasteiger partial charge < -0.3 is 10.1 Å². The summed E-state index contributed by atoms with van der Waals surface area (Å²) < 4.78 is 28.7. The molecule has 18 heavy (non-hydrogen) atoms. The zero-order valence-corrected chi connectivity index (χ0v) is 11.6. The molecular formula is C13H19NO3S. The van der Waals surface area contributed by atoms with Crippen LogP contribution < -0.4 is 5.32 Å². The van der Waals surface area contributed by atoms with Crippen molar-refractivity contribution in [3.05, 3.63) is 24.3 Å². The molecule has 4 nitrogen and oxygen atoms in total. The fourth-order valence-corrected chi connectivity index (χ4v) is 2.91. The second-order valence-corrected chi connectivity index (χ2v) is 7.19. The van der Waals surface area contributed by atoms with Gasteiger partial charge in [0.05, 0.1) is 22.8 Å². The first-order valence-electron chi connectivity index (χ1n) is 6.14. The van der Waals surface area contributed by atoms with Crippen LogP contribution in [0.4, 0.5) is 5.69 Å². The van der Waals surface area contributed by atoms with Crippen molar-refractivity contribution in [3.63, 3.8) is 0 Å². The van der Waals surface area contributed by atoms with E-state index in [9.17, 15) is 8.42 Å². The van der Waals surface area contributed by atoms with Gasteiger partial charge in [0, 0.05) is 12.3 Å². The third-order valence-corrected chi connectivity index (χ3v) is 5.01. The predicted octanol–water partition coefficient (Wildman–Crippen LogP) is 2.07. The van der Waals surface area contributed by atoms with Crippen LogP contribution in [-0.2, 0) is 14.6 Å². The van der Waals surface area contributed by atoms with Gasteiger partial charge in [0.25, 0.3) is 0 Å². The topological polar surface area (TPSA) is 55.4 Å². The van der Waals surface area contributed by atoms with Crippen LogP contribution in [-0.4, -0.2) is 32.9 Å². The monoisotopic (exact) mass is 269 g/mol. The van der Waals surface area contributed by atoms with E-state index >= 15 is 0 Å². The molecule has 0 saturated carbocycles. The van der Waals surface area contributed by atoms with Gasteiger partial charge in [-0.2, -0.15) is 0 Å². The molecule has 1 N–H and O–H groups in total. The SMILES string of the molecule is CCS(=O)(=O)c1ccc(NC2(C)CCOC2)cc1. The maximum Gasteiger partial charge on any atom is 0.178 e. The van der Waals surface area contributed by atoms with Crippen molar-refractivity contribution in [2.24, 2.45) is 0 Å². The molecule has 0 aliphatic carbocycles. The molecule has 1 heterocycles. The molecule has 0 bridgehead atoms. The van der Waals surface area contributed by atoms with E-state index in [0.717, 1.165) is 18.7 Å². The Labute approximate surface area is 108 Å². The summed E-state index contributed by atoms with van der Waals surface area (Å²) in [4.78, 5) is 0.378. The number of sulfone groups is 1. The minimum Gasteiger partial charge on any atom is -0.379 e. The molecule has 100 valence electrons. The summed E-state index contributed by atoms with van der Waals surface area (Å²) in [5.41, 5.74) is 0.878. The van der Waals surface area contributed by atoms with Gasteiger partial charge in [-0.15, -0.1) is 0 Å². The van der Waals surface area contributed by atoms with Crippen LogP contribution >= 0.6 is 0 Å². The largest absolute Gasteiger partial charge is 0.379 e. The molecule has 0 spiro atoms. The fourth-order valence-electron chi connectivity index (χ4n) is 2.03. The van der Waals surface area contributed by atoms with E-state index in [0.29, 0.717) is 11.5 Å². The molecule has 1 aromatic carbocycles. The Kier molecular flexibility index (Phi) is 3.64. The molecular weight excluding hydrogens is 250 g/mol. The van der Waals surface area contributed by atoms with Crippen molar-refractivity contribution in [1.29, 1.82) is 0 Å². The smallest absolute Gasteiger partial charge is 0.178 e. The van der Waals surface area contributed by atoms with Gasteiger partial charge in [0.1, 0.15) is 0 Å². The van der Waals surface area contributed by atoms with Crippen molar-refractivity contribution in [2.75, 3.05) is 24.3 Å². The Balaban J connectivity index is 2.13. The maximum absolute atomic E-state index is 11.7. The van der Waals surface area contributed by atoms with Crippen molar-refractivity contribution < 1.29 is 13.2 Å². The summed E-state index contributed by atoms with van der Waals surface area (Å²) in [6.45, 7) is 5.21. The number of nitrogens with one attached hydrogen (secondary N) is 1. The lowest BCUT2D eigenvalue weighted by atomic mass is 10.0. The van der Waals surface area contributed by atoms with Crippen molar-refractivity contribution in [3.8, 4) is 0 Å². The summed E-state index contributed by atoms with van der Waals surface area (Å²) in [5, 5.41) is 3.39. The second-order valence-electron chi connectivity index (χ2n) is 4.92. The number of anilines is 1. The normalized spacial score (nSPS) is 24.1. The number of ether oxygens (including phenoxy) is 1. The third-order valence-electron chi connectivity index (χ3n) is 3.26. The van der Waals surface area contributed by atoms with Gasteiger partial charge in [-0.1, -0.05) is 6.92 Å². The standard InChI is InChI=1S/C13H19NO3S/c1-3-18(15,16)12-6-4-11(5-7-12)14-13(2)8-9-17-10-13/h4-7,14H,3,8-10H2,1-2H3. The number of hydrogen-bond acceptors (Lipinski definition) is 4. The lowest BCUT2D eigenvalue weighted by Crippen LogP contribution is -2.34. The van der Waals surface area contributed by atoms with Gasteiger partial charge >= 0.3 is 0 Å². The quantitative estimate of drug-likeness (QED) is 0.909. The summed E-state index contributed by atoms with van der Waals surface area (Å²) in [7, 11) is -3.11. The summed E-state index contributed by atoms with van der Waals surface area (Å²) >= 11 is 0. The first-order valence-corrected chi connectivity index (χ1v) is 7.79. The lowest BCUT2D eigenvalue weighted by molar-refractivity contribution is 0.185. The number of hydrogen-bond donors (Lipinski definition) is 1. The van der Waals surface area contributed by atoms with E-state index in [4.69, 9.17) is 4.74 Å². The van der Waals surface area contributed by atoms with Crippen LogP contribution in [0.2, 0.25) is 0 Å². The van der Waals surface area contributed by atoms with E-state index < -0.39 is 9.84 Å². The summed E-state index contributed by atoms with van der Waals surface area (Å²) in [6, 6.07) is 6.93. The van der Waals surface area contributed by atoms with Crippen molar-refractivity contribution >= 4 is 15.5 Å². The number of rotatable bonds is 4. The van der Waals surface area contributed by atoms with Crippen molar-refractivity contribution in [1.82, 2.24) is 0 Å². The van der Waals surface area contributed by atoms with Crippen LogP contribution in [0.15, 0.2) is 29.2 Å². The van der Waals surface area contributed by atoms with Gasteiger partial charge in [-0.05, 0) is 37.6 Å². The highest BCUT2D eigenvalue weighted by molar-refractivity contribution is 7.91. The summed E-state index contributed by atoms with van der Waals surface area (Å²) in [5.74, 6) is 0.130. The van der Waals surface area contributed by atoms with Crippen LogP contribution in [0.25, 0.3) is 0 Å². The molecule has 0 amide bonds. The lowest BCUT2D eigenvalue weighted by Gasteiger charge is -2.25. The first kappa shape index (κ1) is 13.4. The molecule has 0 aromatic heterocycles. The Morgan fingerprint density at radius 1 is 1.33 bits per heavy atom. The molecule has 1 aromatic rings. The van der Waals surface area contributed by atoms with E-state index in [2.05, 4.69) is 12.2 Å². The first-order chi connectivity index (χ1) is 8.45. The maximum atomic E-state index is 11.7. The number of benzene rings is 1. The molecule has 2 rings (SSSR count).